The Kier molecular flexibility index (Phi) is 4.80. The van der Waals surface area contributed by atoms with Gasteiger partial charge in [-0.25, -0.2) is 4.79 Å². The van der Waals surface area contributed by atoms with Gasteiger partial charge in [0.2, 0.25) is 0 Å². The molecule has 1 saturated heterocycles. The maximum absolute atomic E-state index is 12.4. The number of H-pyrrole nitrogens is 1. The highest BCUT2D eigenvalue weighted by Crippen LogP contribution is 2.25. The summed E-state index contributed by atoms with van der Waals surface area (Å²) < 4.78 is 7.16. The molecule has 0 spiro atoms. The molecule has 0 radical (unpaired) electrons. The molecule has 0 unspecified atom stereocenters. The van der Waals surface area contributed by atoms with Crippen molar-refractivity contribution >= 4 is 11.0 Å². The predicted octanol–water partition coefficient (Wildman–Crippen LogP) is 3.22. The minimum absolute atomic E-state index is 0.0166. The zero-order chi connectivity index (χ0) is 17.9. The van der Waals surface area contributed by atoms with Crippen LogP contribution in [0, 0.1) is 0 Å². The van der Waals surface area contributed by atoms with Crippen molar-refractivity contribution in [3.05, 3.63) is 64.6 Å². The summed E-state index contributed by atoms with van der Waals surface area (Å²) >= 11 is 0. The third-order valence-corrected chi connectivity index (χ3v) is 5.42. The average molecular weight is 351 g/mol. The van der Waals surface area contributed by atoms with E-state index in [1.54, 1.807) is 7.11 Å². The molecular weight excluding hydrogens is 326 g/mol. The molecule has 0 atom stereocenters. The number of aromatic nitrogens is 2. The van der Waals surface area contributed by atoms with Crippen LogP contribution >= 0.6 is 0 Å². The first-order valence-electron chi connectivity index (χ1n) is 9.29. The van der Waals surface area contributed by atoms with Crippen LogP contribution in [-0.2, 0) is 6.42 Å². The van der Waals surface area contributed by atoms with E-state index in [2.05, 4.69) is 22.0 Å². The van der Waals surface area contributed by atoms with Gasteiger partial charge >= 0.3 is 5.69 Å². The summed E-state index contributed by atoms with van der Waals surface area (Å²) in [7, 11) is 1.69. The number of aromatic amines is 1. The van der Waals surface area contributed by atoms with Crippen molar-refractivity contribution < 1.29 is 4.74 Å². The maximum Gasteiger partial charge on any atom is 0.326 e. The van der Waals surface area contributed by atoms with Gasteiger partial charge in [0, 0.05) is 25.7 Å². The third kappa shape index (κ3) is 3.40. The number of para-hydroxylation sites is 2. The Labute approximate surface area is 153 Å². The lowest BCUT2D eigenvalue weighted by Crippen LogP contribution is -2.37. The molecule has 4 rings (SSSR count). The molecule has 1 aliphatic rings. The molecule has 0 aliphatic carbocycles. The summed E-state index contributed by atoms with van der Waals surface area (Å²) in [6.45, 7) is 3.13. The molecule has 5 heteroatoms. The van der Waals surface area contributed by atoms with Gasteiger partial charge in [-0.05, 0) is 49.1 Å². The summed E-state index contributed by atoms with van der Waals surface area (Å²) in [5.41, 5.74) is 3.30. The van der Waals surface area contributed by atoms with Crippen LogP contribution in [0.2, 0.25) is 0 Å². The molecule has 0 saturated carbocycles. The summed E-state index contributed by atoms with van der Waals surface area (Å²) in [6, 6.07) is 16.6. The highest BCUT2D eigenvalue weighted by atomic mass is 16.5. The molecule has 2 aromatic carbocycles. The van der Waals surface area contributed by atoms with E-state index >= 15 is 0 Å². The minimum atomic E-state index is 0.0166. The Hall–Kier alpha value is -2.53. The molecule has 26 heavy (non-hydrogen) atoms. The van der Waals surface area contributed by atoms with E-state index in [4.69, 9.17) is 4.74 Å². The van der Waals surface area contributed by atoms with E-state index in [1.165, 1.54) is 5.56 Å². The number of piperidine rings is 1. The van der Waals surface area contributed by atoms with Crippen LogP contribution in [0.5, 0.6) is 5.75 Å². The number of hydrogen-bond acceptors (Lipinski definition) is 3. The fraction of sp³-hybridized carbons (Fsp3) is 0.381. The number of ether oxygens (including phenoxy) is 1. The number of fused-ring (bicyclic) bond motifs is 1. The van der Waals surface area contributed by atoms with Crippen LogP contribution in [0.4, 0.5) is 0 Å². The molecule has 5 nitrogen and oxygen atoms in total. The SMILES string of the molecule is COc1ccc(CCN2CCC(n3c(=O)[nH]c4ccccc43)CC2)cc1. The molecule has 2 heterocycles. The van der Waals surface area contributed by atoms with Crippen LogP contribution in [0.3, 0.4) is 0 Å². The Morgan fingerprint density at radius 1 is 1.08 bits per heavy atom. The largest absolute Gasteiger partial charge is 0.497 e. The van der Waals surface area contributed by atoms with Gasteiger partial charge in [0.1, 0.15) is 5.75 Å². The second kappa shape index (κ2) is 7.38. The van der Waals surface area contributed by atoms with Crippen LogP contribution < -0.4 is 10.4 Å². The molecular formula is C21H25N3O2. The highest BCUT2D eigenvalue weighted by Gasteiger charge is 2.23. The van der Waals surface area contributed by atoms with Crippen LogP contribution in [0.1, 0.15) is 24.4 Å². The molecule has 1 aromatic heterocycles. The van der Waals surface area contributed by atoms with E-state index in [-0.39, 0.29) is 11.7 Å². The Balaban J connectivity index is 1.36. The number of methoxy groups -OCH3 is 1. The fourth-order valence-electron chi connectivity index (χ4n) is 3.92. The topological polar surface area (TPSA) is 50.3 Å². The average Bonchev–Trinajstić information content (AvgIpc) is 3.03. The Morgan fingerprint density at radius 3 is 2.54 bits per heavy atom. The zero-order valence-electron chi connectivity index (χ0n) is 15.1. The van der Waals surface area contributed by atoms with Gasteiger partial charge < -0.3 is 14.6 Å². The number of imidazole rings is 1. The number of benzene rings is 2. The van der Waals surface area contributed by atoms with Gasteiger partial charge in [0.25, 0.3) is 0 Å². The zero-order valence-corrected chi connectivity index (χ0v) is 15.1. The fourth-order valence-corrected chi connectivity index (χ4v) is 3.92. The first kappa shape index (κ1) is 16.9. The summed E-state index contributed by atoms with van der Waals surface area (Å²) in [5, 5.41) is 0. The van der Waals surface area contributed by atoms with E-state index < -0.39 is 0 Å². The standard InChI is InChI=1S/C21H25N3O2/c1-26-18-8-6-16(7-9-18)10-13-23-14-11-17(12-15-23)24-20-5-3-2-4-19(20)22-21(24)25/h2-9,17H,10-15H2,1H3,(H,22,25). The smallest absolute Gasteiger partial charge is 0.326 e. The number of hydrogen-bond donors (Lipinski definition) is 1. The van der Waals surface area contributed by atoms with Crippen molar-refractivity contribution in [2.24, 2.45) is 0 Å². The number of likely N-dealkylation sites (tertiary alicyclic amines) is 1. The number of rotatable bonds is 5. The van der Waals surface area contributed by atoms with Gasteiger partial charge in [0.05, 0.1) is 18.1 Å². The second-order valence-corrected chi connectivity index (χ2v) is 6.99. The van der Waals surface area contributed by atoms with Gasteiger partial charge in [-0.1, -0.05) is 24.3 Å². The van der Waals surface area contributed by atoms with Crippen LogP contribution in [-0.4, -0.2) is 41.2 Å². The van der Waals surface area contributed by atoms with Gasteiger partial charge in [0.15, 0.2) is 0 Å². The van der Waals surface area contributed by atoms with E-state index in [9.17, 15) is 4.79 Å². The molecule has 1 fully saturated rings. The van der Waals surface area contributed by atoms with E-state index in [1.807, 2.05) is 41.0 Å². The molecule has 0 bridgehead atoms. The molecule has 1 N–H and O–H groups in total. The van der Waals surface area contributed by atoms with Gasteiger partial charge in [-0.2, -0.15) is 0 Å². The lowest BCUT2D eigenvalue weighted by atomic mass is 10.0. The maximum atomic E-state index is 12.4. The van der Waals surface area contributed by atoms with Crippen molar-refractivity contribution in [3.8, 4) is 5.75 Å². The Morgan fingerprint density at radius 2 is 1.81 bits per heavy atom. The van der Waals surface area contributed by atoms with E-state index in [0.29, 0.717) is 0 Å². The molecule has 136 valence electrons. The molecule has 0 amide bonds. The van der Waals surface area contributed by atoms with Crippen molar-refractivity contribution in [1.82, 2.24) is 14.5 Å². The lowest BCUT2D eigenvalue weighted by molar-refractivity contribution is 0.188. The van der Waals surface area contributed by atoms with Gasteiger partial charge in [-0.15, -0.1) is 0 Å². The normalized spacial score (nSPS) is 16.2. The molecule has 3 aromatic rings. The Bertz CT molecular complexity index is 918. The summed E-state index contributed by atoms with van der Waals surface area (Å²) in [5.74, 6) is 0.902. The first-order chi connectivity index (χ1) is 12.7. The first-order valence-corrected chi connectivity index (χ1v) is 9.29. The quantitative estimate of drug-likeness (QED) is 0.768. The molecule has 1 aliphatic heterocycles. The van der Waals surface area contributed by atoms with Crippen molar-refractivity contribution in [3.63, 3.8) is 0 Å². The van der Waals surface area contributed by atoms with Crippen molar-refractivity contribution in [2.45, 2.75) is 25.3 Å². The summed E-state index contributed by atoms with van der Waals surface area (Å²) in [6.07, 6.45) is 3.08. The van der Waals surface area contributed by atoms with Crippen LogP contribution in [0.15, 0.2) is 53.3 Å². The highest BCUT2D eigenvalue weighted by molar-refractivity contribution is 5.75. The second-order valence-electron chi connectivity index (χ2n) is 6.99. The predicted molar refractivity (Wildman–Crippen MR) is 104 cm³/mol. The minimum Gasteiger partial charge on any atom is -0.497 e. The van der Waals surface area contributed by atoms with Crippen molar-refractivity contribution in [2.75, 3.05) is 26.7 Å². The van der Waals surface area contributed by atoms with Crippen molar-refractivity contribution in [1.29, 1.82) is 0 Å². The summed E-state index contributed by atoms with van der Waals surface area (Å²) in [4.78, 5) is 17.8. The van der Waals surface area contributed by atoms with Crippen LogP contribution in [0.25, 0.3) is 11.0 Å². The number of nitrogens with zero attached hydrogens (tertiary/aromatic N) is 2. The van der Waals surface area contributed by atoms with Gasteiger partial charge in [-0.3, -0.25) is 4.57 Å². The van der Waals surface area contributed by atoms with E-state index in [0.717, 1.165) is 55.7 Å². The lowest BCUT2D eigenvalue weighted by Gasteiger charge is -2.32. The third-order valence-electron chi connectivity index (χ3n) is 5.42. The number of nitrogens with one attached hydrogen (secondary N) is 1. The monoisotopic (exact) mass is 351 g/mol.